The van der Waals surface area contributed by atoms with Crippen LogP contribution in [0.25, 0.3) is 0 Å². The van der Waals surface area contributed by atoms with Gasteiger partial charge in [0.1, 0.15) is 0 Å². The van der Waals surface area contributed by atoms with Crippen LogP contribution in [0.15, 0.2) is 24.3 Å². The highest BCUT2D eigenvalue weighted by atomic mass is 16.5. The Labute approximate surface area is 367 Å². The van der Waals surface area contributed by atoms with Gasteiger partial charge in [0.2, 0.25) is 5.91 Å². The van der Waals surface area contributed by atoms with E-state index in [1.807, 2.05) is 6.08 Å². The fraction of sp³-hybridized carbons (Fsp3) is 0.887. The molecule has 0 fully saturated rings. The number of ether oxygens (including phenoxy) is 1. The summed E-state index contributed by atoms with van der Waals surface area (Å²) in [7, 11) is 0. The average Bonchev–Trinajstić information content (AvgIpc) is 3.24. The topological polar surface area (TPSA) is 95.9 Å². The van der Waals surface area contributed by atoms with E-state index in [1.54, 1.807) is 6.08 Å². The number of nitrogens with one attached hydrogen (secondary N) is 1. The fourth-order valence-corrected chi connectivity index (χ4v) is 7.92. The summed E-state index contributed by atoms with van der Waals surface area (Å²) < 4.78 is 5.45. The molecule has 0 aliphatic carbocycles. The molecule has 0 radical (unpaired) electrons. The molecule has 0 aliphatic rings. The van der Waals surface area contributed by atoms with Crippen LogP contribution in [0.3, 0.4) is 0 Å². The van der Waals surface area contributed by atoms with Crippen LogP contribution < -0.4 is 5.32 Å². The van der Waals surface area contributed by atoms with Crippen molar-refractivity contribution in [3.8, 4) is 0 Å². The summed E-state index contributed by atoms with van der Waals surface area (Å²) in [5.74, 6) is -0.0884. The summed E-state index contributed by atoms with van der Waals surface area (Å²) >= 11 is 0. The molecule has 0 bridgehead atoms. The van der Waals surface area contributed by atoms with Gasteiger partial charge in [0.15, 0.2) is 0 Å². The highest BCUT2D eigenvalue weighted by Gasteiger charge is 2.18. The number of aliphatic hydroxyl groups is 2. The number of hydrogen-bond acceptors (Lipinski definition) is 5. The van der Waals surface area contributed by atoms with Gasteiger partial charge in [0, 0.05) is 12.8 Å². The van der Waals surface area contributed by atoms with Gasteiger partial charge in [-0.25, -0.2) is 0 Å². The second-order valence-corrected chi connectivity index (χ2v) is 17.9. The highest BCUT2D eigenvalue weighted by molar-refractivity contribution is 5.76. The van der Waals surface area contributed by atoms with Crippen LogP contribution in [-0.2, 0) is 14.3 Å². The Morgan fingerprint density at radius 1 is 0.458 bits per heavy atom. The molecule has 0 heterocycles. The molecule has 59 heavy (non-hydrogen) atoms. The van der Waals surface area contributed by atoms with Crippen molar-refractivity contribution in [2.75, 3.05) is 13.2 Å². The van der Waals surface area contributed by atoms with Crippen molar-refractivity contribution in [2.45, 2.75) is 289 Å². The normalized spacial score (nSPS) is 12.8. The first kappa shape index (κ1) is 57.3. The van der Waals surface area contributed by atoms with E-state index in [2.05, 4.69) is 31.3 Å². The smallest absolute Gasteiger partial charge is 0.305 e. The number of carbonyl (C=O) groups excluding carboxylic acids is 2. The molecule has 348 valence electrons. The van der Waals surface area contributed by atoms with Crippen molar-refractivity contribution in [3.05, 3.63) is 24.3 Å². The Morgan fingerprint density at radius 2 is 0.797 bits per heavy atom. The van der Waals surface area contributed by atoms with Crippen LogP contribution in [-0.4, -0.2) is 47.4 Å². The van der Waals surface area contributed by atoms with Gasteiger partial charge >= 0.3 is 5.97 Å². The molecular weight excluding hydrogens is 731 g/mol. The zero-order valence-electron chi connectivity index (χ0n) is 39.5. The average molecular weight is 832 g/mol. The molecular formula is C53H101NO5. The van der Waals surface area contributed by atoms with Gasteiger partial charge in [0.25, 0.3) is 0 Å². The van der Waals surface area contributed by atoms with Crippen LogP contribution in [0.4, 0.5) is 0 Å². The second-order valence-electron chi connectivity index (χ2n) is 17.9. The molecule has 0 aromatic rings. The first-order chi connectivity index (χ1) is 29.0. The molecule has 0 aromatic carbocycles. The lowest BCUT2D eigenvalue weighted by molar-refractivity contribution is -0.143. The third-order valence-corrected chi connectivity index (χ3v) is 12.0. The number of allylic oxidation sites excluding steroid dienone is 3. The highest BCUT2D eigenvalue weighted by Crippen LogP contribution is 2.15. The summed E-state index contributed by atoms with van der Waals surface area (Å²) in [6, 6.07) is -0.639. The van der Waals surface area contributed by atoms with Crippen molar-refractivity contribution in [1.29, 1.82) is 0 Å². The Kier molecular flexibility index (Phi) is 47.6. The SMILES string of the molecule is CCCCCCCCCCCCCC/C=C/C(O)C(CO)NC(=O)CCCCCCC/C=C\CCCCCCCCCOC(=O)CCCCCCCCCCCCCC. The fourth-order valence-electron chi connectivity index (χ4n) is 7.92. The lowest BCUT2D eigenvalue weighted by Crippen LogP contribution is -2.45. The number of amides is 1. The molecule has 6 nitrogen and oxygen atoms in total. The molecule has 0 spiro atoms. The van der Waals surface area contributed by atoms with Crippen LogP contribution in [0, 0.1) is 0 Å². The van der Waals surface area contributed by atoms with Gasteiger partial charge in [-0.1, -0.05) is 231 Å². The van der Waals surface area contributed by atoms with Crippen molar-refractivity contribution < 1.29 is 24.5 Å². The summed E-state index contributed by atoms with van der Waals surface area (Å²) in [5, 5.41) is 23.0. The predicted molar refractivity (Wildman–Crippen MR) is 255 cm³/mol. The van der Waals surface area contributed by atoms with E-state index in [1.165, 1.54) is 186 Å². The van der Waals surface area contributed by atoms with E-state index >= 15 is 0 Å². The maximum Gasteiger partial charge on any atom is 0.305 e. The molecule has 6 heteroatoms. The zero-order chi connectivity index (χ0) is 43.0. The van der Waals surface area contributed by atoms with E-state index < -0.39 is 12.1 Å². The minimum Gasteiger partial charge on any atom is -0.466 e. The lowest BCUT2D eigenvalue weighted by Gasteiger charge is -2.20. The van der Waals surface area contributed by atoms with Crippen molar-refractivity contribution >= 4 is 11.9 Å². The van der Waals surface area contributed by atoms with E-state index in [0.717, 1.165) is 64.2 Å². The molecule has 0 aromatic heterocycles. The van der Waals surface area contributed by atoms with Gasteiger partial charge in [-0.3, -0.25) is 9.59 Å². The molecule has 2 atom stereocenters. The largest absolute Gasteiger partial charge is 0.466 e. The van der Waals surface area contributed by atoms with Crippen molar-refractivity contribution in [1.82, 2.24) is 5.32 Å². The lowest BCUT2D eigenvalue weighted by atomic mass is 10.0. The summed E-state index contributed by atoms with van der Waals surface area (Å²) in [4.78, 5) is 24.4. The van der Waals surface area contributed by atoms with Gasteiger partial charge < -0.3 is 20.3 Å². The molecule has 0 aliphatic heterocycles. The molecule has 0 saturated carbocycles. The van der Waals surface area contributed by atoms with Gasteiger partial charge in [-0.05, 0) is 57.8 Å². The van der Waals surface area contributed by atoms with Gasteiger partial charge in [0.05, 0.1) is 25.4 Å². The summed E-state index contributed by atoms with van der Waals surface area (Å²) in [5.41, 5.74) is 0. The molecule has 2 unspecified atom stereocenters. The maximum absolute atomic E-state index is 12.4. The predicted octanol–water partition coefficient (Wildman–Crippen LogP) is 15.5. The first-order valence-corrected chi connectivity index (χ1v) is 26.1. The van der Waals surface area contributed by atoms with Crippen molar-refractivity contribution in [2.24, 2.45) is 0 Å². The number of aliphatic hydroxyl groups excluding tert-OH is 2. The third kappa shape index (κ3) is 45.7. The quantitative estimate of drug-likeness (QED) is 0.0322. The molecule has 1 amide bonds. The van der Waals surface area contributed by atoms with Crippen LogP contribution in [0.2, 0.25) is 0 Å². The molecule has 0 rings (SSSR count). The first-order valence-electron chi connectivity index (χ1n) is 26.1. The standard InChI is InChI=1S/C53H101NO5/c1-3-5-7-9-11-13-15-17-22-25-29-33-37-41-45-51(56)50(49-55)54-52(57)46-42-38-34-30-26-23-20-18-19-21-24-28-32-36-40-44-48-59-53(58)47-43-39-35-31-27-16-14-12-10-8-6-4-2/h18,20,41,45,50-51,55-56H,3-17,19,21-40,42-44,46-49H2,1-2H3,(H,54,57)/b20-18-,45-41+. The number of rotatable bonds is 48. The minimum atomic E-state index is -0.853. The van der Waals surface area contributed by atoms with E-state index in [0.29, 0.717) is 19.4 Å². The van der Waals surface area contributed by atoms with Crippen LogP contribution in [0.1, 0.15) is 277 Å². The Balaban J connectivity index is 3.50. The van der Waals surface area contributed by atoms with E-state index in [9.17, 15) is 19.8 Å². The summed E-state index contributed by atoms with van der Waals surface area (Å²) in [6.07, 6.45) is 57.5. The minimum absolute atomic E-state index is 0.00349. The molecule has 0 saturated heterocycles. The van der Waals surface area contributed by atoms with Crippen molar-refractivity contribution in [3.63, 3.8) is 0 Å². The van der Waals surface area contributed by atoms with E-state index in [4.69, 9.17) is 4.74 Å². The monoisotopic (exact) mass is 832 g/mol. The Morgan fingerprint density at radius 3 is 1.20 bits per heavy atom. The second kappa shape index (κ2) is 49.0. The molecule has 3 N–H and O–H groups in total. The van der Waals surface area contributed by atoms with Crippen LogP contribution in [0.5, 0.6) is 0 Å². The van der Waals surface area contributed by atoms with E-state index in [-0.39, 0.29) is 18.5 Å². The van der Waals surface area contributed by atoms with Gasteiger partial charge in [-0.15, -0.1) is 0 Å². The number of hydrogen-bond donors (Lipinski definition) is 3. The maximum atomic E-state index is 12.4. The van der Waals surface area contributed by atoms with Crippen LogP contribution >= 0.6 is 0 Å². The number of unbranched alkanes of at least 4 members (excludes halogenated alkanes) is 35. The Hall–Kier alpha value is -1.66. The number of carbonyl (C=O) groups is 2. The number of esters is 1. The Bertz CT molecular complexity index is 920. The van der Waals surface area contributed by atoms with Gasteiger partial charge in [-0.2, -0.15) is 0 Å². The third-order valence-electron chi connectivity index (χ3n) is 12.0. The summed E-state index contributed by atoms with van der Waals surface area (Å²) in [6.45, 7) is 4.87. The zero-order valence-corrected chi connectivity index (χ0v) is 39.5.